The summed E-state index contributed by atoms with van der Waals surface area (Å²) in [5.74, 6) is 1.31. The summed E-state index contributed by atoms with van der Waals surface area (Å²) in [6.45, 7) is 2.68. The van der Waals surface area contributed by atoms with E-state index in [1.54, 1.807) is 6.07 Å². The summed E-state index contributed by atoms with van der Waals surface area (Å²) in [7, 11) is 2.97. The SMILES string of the molecule is COc1cc(NCC2CCCNC2)c([N+](=O)[O-])cc1OC. The van der Waals surface area contributed by atoms with Crippen LogP contribution in [0.25, 0.3) is 0 Å². The van der Waals surface area contributed by atoms with Crippen LogP contribution in [0.4, 0.5) is 11.4 Å². The van der Waals surface area contributed by atoms with Crippen LogP contribution >= 0.6 is 0 Å². The molecule has 0 radical (unpaired) electrons. The molecule has 2 N–H and O–H groups in total. The molecule has 1 heterocycles. The summed E-state index contributed by atoms with van der Waals surface area (Å²) in [5.41, 5.74) is 0.458. The largest absolute Gasteiger partial charge is 0.493 e. The maximum atomic E-state index is 11.2. The Kier molecular flexibility index (Phi) is 5.21. The van der Waals surface area contributed by atoms with Crippen LogP contribution in [-0.2, 0) is 0 Å². The second-order valence-electron chi connectivity index (χ2n) is 5.07. The summed E-state index contributed by atoms with van der Waals surface area (Å²) < 4.78 is 10.3. The minimum Gasteiger partial charge on any atom is -0.493 e. The number of anilines is 1. The molecule has 0 amide bonds. The van der Waals surface area contributed by atoms with E-state index in [9.17, 15) is 10.1 Å². The molecular weight excluding hydrogens is 274 g/mol. The first-order valence-corrected chi connectivity index (χ1v) is 7.00. The summed E-state index contributed by atoms with van der Waals surface area (Å²) in [4.78, 5) is 10.8. The Morgan fingerprint density at radius 2 is 2.10 bits per heavy atom. The molecule has 0 spiro atoms. The highest BCUT2D eigenvalue weighted by Gasteiger charge is 2.21. The van der Waals surface area contributed by atoms with Gasteiger partial charge in [0.25, 0.3) is 5.69 Å². The molecule has 1 fully saturated rings. The van der Waals surface area contributed by atoms with Crippen molar-refractivity contribution in [2.45, 2.75) is 12.8 Å². The van der Waals surface area contributed by atoms with Crippen LogP contribution in [-0.4, -0.2) is 38.8 Å². The molecule has 21 heavy (non-hydrogen) atoms. The predicted octanol–water partition coefficient (Wildman–Crippen LogP) is 2.02. The number of hydrogen-bond donors (Lipinski definition) is 2. The van der Waals surface area contributed by atoms with Gasteiger partial charge in [-0.2, -0.15) is 0 Å². The molecule has 7 nitrogen and oxygen atoms in total. The highest BCUT2D eigenvalue weighted by atomic mass is 16.6. The zero-order valence-electron chi connectivity index (χ0n) is 12.3. The molecule has 1 saturated heterocycles. The number of nitrogens with zero attached hydrogens (tertiary/aromatic N) is 1. The van der Waals surface area contributed by atoms with Crippen molar-refractivity contribution < 1.29 is 14.4 Å². The number of piperidine rings is 1. The smallest absolute Gasteiger partial charge is 0.296 e. The van der Waals surface area contributed by atoms with E-state index in [1.165, 1.54) is 20.3 Å². The van der Waals surface area contributed by atoms with Gasteiger partial charge in [0.2, 0.25) is 0 Å². The van der Waals surface area contributed by atoms with Crippen LogP contribution in [0.3, 0.4) is 0 Å². The summed E-state index contributed by atoms with van der Waals surface area (Å²) in [6, 6.07) is 3.01. The lowest BCUT2D eigenvalue weighted by atomic mass is 9.99. The van der Waals surface area contributed by atoms with Gasteiger partial charge in [-0.3, -0.25) is 10.1 Å². The predicted molar refractivity (Wildman–Crippen MR) is 80.3 cm³/mol. The molecule has 7 heteroatoms. The lowest BCUT2D eigenvalue weighted by molar-refractivity contribution is -0.384. The average Bonchev–Trinajstić information content (AvgIpc) is 2.52. The van der Waals surface area contributed by atoms with E-state index in [0.29, 0.717) is 29.6 Å². The third-order valence-corrected chi connectivity index (χ3v) is 3.68. The van der Waals surface area contributed by atoms with E-state index in [0.717, 1.165) is 25.9 Å². The Bertz CT molecular complexity index is 501. The highest BCUT2D eigenvalue weighted by molar-refractivity contribution is 5.68. The Balaban J connectivity index is 2.17. The first kappa shape index (κ1) is 15.4. The Hall–Kier alpha value is -2.02. The van der Waals surface area contributed by atoms with Gasteiger partial charge in [-0.25, -0.2) is 0 Å². The van der Waals surface area contributed by atoms with Gasteiger partial charge in [0.15, 0.2) is 11.5 Å². The summed E-state index contributed by atoms with van der Waals surface area (Å²) in [5, 5.41) is 17.7. The molecule has 0 saturated carbocycles. The monoisotopic (exact) mass is 295 g/mol. The molecule has 1 unspecified atom stereocenters. The molecule has 0 bridgehead atoms. The zero-order chi connectivity index (χ0) is 15.2. The Labute approximate surface area is 123 Å². The standard InChI is InChI=1S/C14H21N3O4/c1-20-13-6-11(12(17(18)19)7-14(13)21-2)16-9-10-4-3-5-15-8-10/h6-7,10,15-16H,3-5,8-9H2,1-2H3. The number of nitro groups is 1. The maximum absolute atomic E-state index is 11.2. The second kappa shape index (κ2) is 7.12. The van der Waals surface area contributed by atoms with Gasteiger partial charge in [-0.05, 0) is 31.8 Å². The molecule has 1 aromatic carbocycles. The van der Waals surface area contributed by atoms with Crippen LogP contribution < -0.4 is 20.1 Å². The van der Waals surface area contributed by atoms with Crippen molar-refractivity contribution in [2.75, 3.05) is 39.2 Å². The van der Waals surface area contributed by atoms with E-state index in [4.69, 9.17) is 9.47 Å². The van der Waals surface area contributed by atoms with Crippen molar-refractivity contribution in [3.05, 3.63) is 22.2 Å². The highest BCUT2D eigenvalue weighted by Crippen LogP contribution is 2.37. The maximum Gasteiger partial charge on any atom is 0.296 e. The third kappa shape index (κ3) is 3.75. The minimum atomic E-state index is -0.413. The fourth-order valence-electron chi connectivity index (χ4n) is 2.51. The lowest BCUT2D eigenvalue weighted by Crippen LogP contribution is -2.33. The van der Waals surface area contributed by atoms with Crippen molar-refractivity contribution in [3.63, 3.8) is 0 Å². The van der Waals surface area contributed by atoms with Gasteiger partial charge in [0.05, 0.1) is 25.2 Å². The fraction of sp³-hybridized carbons (Fsp3) is 0.571. The number of methoxy groups -OCH3 is 2. The molecule has 1 atom stereocenters. The van der Waals surface area contributed by atoms with Crippen LogP contribution in [0, 0.1) is 16.0 Å². The number of benzene rings is 1. The number of nitro benzene ring substituents is 1. The minimum absolute atomic E-state index is 0.00332. The molecule has 0 aliphatic carbocycles. The Morgan fingerprint density at radius 3 is 2.67 bits per heavy atom. The molecule has 0 aromatic heterocycles. The normalized spacial score (nSPS) is 18.1. The van der Waals surface area contributed by atoms with E-state index >= 15 is 0 Å². The lowest BCUT2D eigenvalue weighted by Gasteiger charge is -2.23. The number of hydrogen-bond acceptors (Lipinski definition) is 6. The molecule has 1 aromatic rings. The molecular formula is C14H21N3O4. The van der Waals surface area contributed by atoms with Gasteiger partial charge in [-0.1, -0.05) is 0 Å². The van der Waals surface area contributed by atoms with Crippen molar-refractivity contribution in [1.82, 2.24) is 5.32 Å². The molecule has 2 rings (SSSR count). The van der Waals surface area contributed by atoms with Crippen molar-refractivity contribution in [1.29, 1.82) is 0 Å². The third-order valence-electron chi connectivity index (χ3n) is 3.68. The molecule has 1 aliphatic rings. The van der Waals surface area contributed by atoms with Gasteiger partial charge in [0, 0.05) is 12.6 Å². The van der Waals surface area contributed by atoms with Crippen molar-refractivity contribution >= 4 is 11.4 Å². The topological polar surface area (TPSA) is 85.7 Å². The number of nitrogens with one attached hydrogen (secondary N) is 2. The van der Waals surface area contributed by atoms with E-state index < -0.39 is 4.92 Å². The van der Waals surface area contributed by atoms with Gasteiger partial charge < -0.3 is 20.1 Å². The van der Waals surface area contributed by atoms with Crippen molar-refractivity contribution in [2.24, 2.45) is 5.92 Å². The van der Waals surface area contributed by atoms with Crippen LogP contribution in [0.5, 0.6) is 11.5 Å². The van der Waals surface area contributed by atoms with Gasteiger partial charge in [-0.15, -0.1) is 0 Å². The van der Waals surface area contributed by atoms with E-state index in [1.807, 2.05) is 0 Å². The van der Waals surface area contributed by atoms with Gasteiger partial charge >= 0.3 is 0 Å². The summed E-state index contributed by atoms with van der Waals surface area (Å²) >= 11 is 0. The Morgan fingerprint density at radius 1 is 1.38 bits per heavy atom. The number of rotatable bonds is 6. The van der Waals surface area contributed by atoms with E-state index in [-0.39, 0.29) is 5.69 Å². The second-order valence-corrected chi connectivity index (χ2v) is 5.07. The number of ether oxygens (including phenoxy) is 2. The first-order valence-electron chi connectivity index (χ1n) is 7.00. The van der Waals surface area contributed by atoms with Crippen LogP contribution in [0.15, 0.2) is 12.1 Å². The van der Waals surface area contributed by atoms with E-state index in [2.05, 4.69) is 10.6 Å². The first-order chi connectivity index (χ1) is 10.2. The van der Waals surface area contributed by atoms with Crippen LogP contribution in [0.1, 0.15) is 12.8 Å². The molecule has 1 aliphatic heterocycles. The van der Waals surface area contributed by atoms with Crippen molar-refractivity contribution in [3.8, 4) is 11.5 Å². The zero-order valence-corrected chi connectivity index (χ0v) is 12.3. The quantitative estimate of drug-likeness (QED) is 0.617. The van der Waals surface area contributed by atoms with Gasteiger partial charge in [0.1, 0.15) is 5.69 Å². The fourth-order valence-corrected chi connectivity index (χ4v) is 2.51. The average molecular weight is 295 g/mol. The van der Waals surface area contributed by atoms with Crippen LogP contribution in [0.2, 0.25) is 0 Å². The summed E-state index contributed by atoms with van der Waals surface area (Å²) in [6.07, 6.45) is 2.27. The molecule has 116 valence electrons.